The molecule has 1 aromatic carbocycles. The topological polar surface area (TPSA) is 38.0 Å². The van der Waals surface area contributed by atoms with Crippen LogP contribution >= 0.6 is 23.4 Å². The fourth-order valence-electron chi connectivity index (χ4n) is 2.17. The van der Waals surface area contributed by atoms with Crippen molar-refractivity contribution in [2.75, 3.05) is 17.3 Å². The van der Waals surface area contributed by atoms with Gasteiger partial charge in [-0.05, 0) is 43.7 Å². The SMILES string of the molecule is CSC1CCC(Nc2ccc(Cl)cc2N)C1. The second kappa shape index (κ2) is 5.19. The first-order valence-electron chi connectivity index (χ1n) is 5.53. The highest BCUT2D eigenvalue weighted by Gasteiger charge is 2.23. The number of thioether (sulfide) groups is 1. The predicted octanol–water partition coefficient (Wildman–Crippen LogP) is 3.62. The lowest BCUT2D eigenvalue weighted by Crippen LogP contribution is -2.16. The van der Waals surface area contributed by atoms with Crippen molar-refractivity contribution >= 4 is 34.7 Å². The number of benzene rings is 1. The molecule has 0 aromatic heterocycles. The van der Waals surface area contributed by atoms with E-state index in [9.17, 15) is 0 Å². The predicted molar refractivity (Wildman–Crippen MR) is 74.4 cm³/mol. The van der Waals surface area contributed by atoms with E-state index < -0.39 is 0 Å². The smallest absolute Gasteiger partial charge is 0.0577 e. The molecule has 0 spiro atoms. The Morgan fingerprint density at radius 3 is 2.88 bits per heavy atom. The van der Waals surface area contributed by atoms with E-state index in [1.807, 2.05) is 23.9 Å². The minimum absolute atomic E-state index is 0.556. The van der Waals surface area contributed by atoms with E-state index in [0.717, 1.165) is 16.6 Å². The number of rotatable bonds is 3. The number of nitrogen functional groups attached to an aromatic ring is 1. The third-order valence-corrected chi connectivity index (χ3v) is 4.42. The molecule has 0 aliphatic heterocycles. The molecule has 2 nitrogen and oxygen atoms in total. The minimum atomic E-state index is 0.556. The number of nitrogens with two attached hydrogens (primary N) is 1. The van der Waals surface area contributed by atoms with Gasteiger partial charge in [0.1, 0.15) is 0 Å². The van der Waals surface area contributed by atoms with Crippen molar-refractivity contribution in [2.45, 2.75) is 30.6 Å². The molecule has 1 fully saturated rings. The van der Waals surface area contributed by atoms with E-state index in [0.29, 0.717) is 11.1 Å². The van der Waals surface area contributed by atoms with Crippen LogP contribution < -0.4 is 11.1 Å². The molecule has 0 saturated heterocycles. The van der Waals surface area contributed by atoms with Gasteiger partial charge in [0.15, 0.2) is 0 Å². The van der Waals surface area contributed by atoms with Gasteiger partial charge in [-0.2, -0.15) is 11.8 Å². The average Bonchev–Trinajstić information content (AvgIpc) is 2.70. The molecule has 1 aliphatic carbocycles. The molecular formula is C12H17ClN2S. The summed E-state index contributed by atoms with van der Waals surface area (Å²) in [7, 11) is 0. The van der Waals surface area contributed by atoms with Crippen LogP contribution in [0.5, 0.6) is 0 Å². The lowest BCUT2D eigenvalue weighted by molar-refractivity contribution is 0.757. The highest BCUT2D eigenvalue weighted by atomic mass is 35.5. The van der Waals surface area contributed by atoms with Crippen molar-refractivity contribution < 1.29 is 0 Å². The van der Waals surface area contributed by atoms with Crippen molar-refractivity contribution in [1.29, 1.82) is 0 Å². The summed E-state index contributed by atoms with van der Waals surface area (Å²) >= 11 is 7.83. The summed E-state index contributed by atoms with van der Waals surface area (Å²) in [6.07, 6.45) is 5.94. The zero-order valence-corrected chi connectivity index (χ0v) is 10.9. The van der Waals surface area contributed by atoms with E-state index in [1.165, 1.54) is 19.3 Å². The molecule has 1 saturated carbocycles. The first kappa shape index (κ1) is 11.9. The van der Waals surface area contributed by atoms with E-state index in [1.54, 1.807) is 6.07 Å². The number of hydrogen-bond acceptors (Lipinski definition) is 3. The number of nitrogens with one attached hydrogen (secondary N) is 1. The summed E-state index contributed by atoms with van der Waals surface area (Å²) in [5.74, 6) is 0. The molecule has 2 rings (SSSR count). The average molecular weight is 257 g/mol. The maximum Gasteiger partial charge on any atom is 0.0577 e. The van der Waals surface area contributed by atoms with Gasteiger partial charge in [-0.1, -0.05) is 11.6 Å². The standard InChI is InChI=1S/C12H17ClN2S/c1-16-10-4-3-9(7-10)15-12-5-2-8(13)6-11(12)14/h2,5-6,9-10,15H,3-4,7,14H2,1H3. The van der Waals surface area contributed by atoms with Gasteiger partial charge < -0.3 is 11.1 Å². The van der Waals surface area contributed by atoms with E-state index in [4.69, 9.17) is 17.3 Å². The quantitative estimate of drug-likeness (QED) is 0.812. The zero-order chi connectivity index (χ0) is 11.5. The molecule has 1 aromatic rings. The normalized spacial score (nSPS) is 24.6. The molecule has 2 unspecified atom stereocenters. The Kier molecular flexibility index (Phi) is 3.87. The zero-order valence-electron chi connectivity index (χ0n) is 9.37. The lowest BCUT2D eigenvalue weighted by atomic mass is 10.2. The Balaban J connectivity index is 1.99. The number of anilines is 2. The highest BCUT2D eigenvalue weighted by molar-refractivity contribution is 7.99. The van der Waals surface area contributed by atoms with E-state index in [2.05, 4.69) is 11.6 Å². The summed E-state index contributed by atoms with van der Waals surface area (Å²) in [5, 5.41) is 4.99. The van der Waals surface area contributed by atoms with Crippen LogP contribution in [0.1, 0.15) is 19.3 Å². The van der Waals surface area contributed by atoms with Crippen LogP contribution in [0.4, 0.5) is 11.4 Å². The Labute approximate surface area is 106 Å². The fourth-order valence-corrected chi connectivity index (χ4v) is 3.15. The van der Waals surface area contributed by atoms with Gasteiger partial charge in [-0.15, -0.1) is 0 Å². The van der Waals surface area contributed by atoms with Crippen LogP contribution in [-0.2, 0) is 0 Å². The molecule has 0 amide bonds. The molecule has 0 heterocycles. The van der Waals surface area contributed by atoms with Crippen LogP contribution in [0.15, 0.2) is 18.2 Å². The van der Waals surface area contributed by atoms with Crippen molar-refractivity contribution in [3.8, 4) is 0 Å². The molecule has 2 atom stereocenters. The van der Waals surface area contributed by atoms with E-state index >= 15 is 0 Å². The molecular weight excluding hydrogens is 240 g/mol. The maximum absolute atomic E-state index is 5.91. The van der Waals surface area contributed by atoms with E-state index in [-0.39, 0.29) is 0 Å². The summed E-state index contributed by atoms with van der Waals surface area (Å²) in [5.41, 5.74) is 7.66. The van der Waals surface area contributed by atoms with Crippen molar-refractivity contribution in [2.24, 2.45) is 0 Å². The fraction of sp³-hybridized carbons (Fsp3) is 0.500. The monoisotopic (exact) mass is 256 g/mol. The Morgan fingerprint density at radius 2 is 2.25 bits per heavy atom. The van der Waals surface area contributed by atoms with Crippen LogP contribution in [0.25, 0.3) is 0 Å². The third-order valence-electron chi connectivity index (χ3n) is 3.09. The van der Waals surface area contributed by atoms with Gasteiger partial charge in [0, 0.05) is 16.3 Å². The highest BCUT2D eigenvalue weighted by Crippen LogP contribution is 2.32. The van der Waals surface area contributed by atoms with Crippen molar-refractivity contribution in [3.63, 3.8) is 0 Å². The van der Waals surface area contributed by atoms with Gasteiger partial charge >= 0.3 is 0 Å². The van der Waals surface area contributed by atoms with Gasteiger partial charge in [-0.25, -0.2) is 0 Å². The molecule has 3 N–H and O–H groups in total. The summed E-state index contributed by atoms with van der Waals surface area (Å²) < 4.78 is 0. The maximum atomic E-state index is 5.91. The molecule has 88 valence electrons. The number of halogens is 1. The van der Waals surface area contributed by atoms with Crippen LogP contribution in [-0.4, -0.2) is 17.5 Å². The molecule has 4 heteroatoms. The largest absolute Gasteiger partial charge is 0.397 e. The van der Waals surface area contributed by atoms with Crippen molar-refractivity contribution in [3.05, 3.63) is 23.2 Å². The Bertz CT molecular complexity index is 370. The van der Waals surface area contributed by atoms with Gasteiger partial charge in [0.2, 0.25) is 0 Å². The van der Waals surface area contributed by atoms with Gasteiger partial charge in [-0.3, -0.25) is 0 Å². The first-order valence-corrected chi connectivity index (χ1v) is 7.20. The number of hydrogen-bond donors (Lipinski definition) is 2. The van der Waals surface area contributed by atoms with Crippen LogP contribution in [0.2, 0.25) is 5.02 Å². The lowest BCUT2D eigenvalue weighted by Gasteiger charge is -2.16. The molecule has 16 heavy (non-hydrogen) atoms. The van der Waals surface area contributed by atoms with Gasteiger partial charge in [0.05, 0.1) is 11.4 Å². The molecule has 1 aliphatic rings. The molecule has 0 bridgehead atoms. The second-order valence-electron chi connectivity index (χ2n) is 4.24. The summed E-state index contributed by atoms with van der Waals surface area (Å²) in [6, 6.07) is 6.19. The molecule has 0 radical (unpaired) electrons. The summed E-state index contributed by atoms with van der Waals surface area (Å²) in [4.78, 5) is 0. The second-order valence-corrected chi connectivity index (χ2v) is 5.82. The van der Waals surface area contributed by atoms with Crippen LogP contribution in [0.3, 0.4) is 0 Å². The van der Waals surface area contributed by atoms with Gasteiger partial charge in [0.25, 0.3) is 0 Å². The third kappa shape index (κ3) is 2.77. The van der Waals surface area contributed by atoms with Crippen LogP contribution in [0, 0.1) is 0 Å². The Morgan fingerprint density at radius 1 is 1.44 bits per heavy atom. The van der Waals surface area contributed by atoms with Crippen molar-refractivity contribution in [1.82, 2.24) is 0 Å². The summed E-state index contributed by atoms with van der Waals surface area (Å²) in [6.45, 7) is 0. The minimum Gasteiger partial charge on any atom is -0.397 e. The first-order chi connectivity index (χ1) is 7.69. The Hall–Kier alpha value is -0.540.